The predicted octanol–water partition coefficient (Wildman–Crippen LogP) is 1.15. The zero-order chi connectivity index (χ0) is 13.1. The zero-order valence-corrected chi connectivity index (χ0v) is 11.8. The highest BCUT2D eigenvalue weighted by Gasteiger charge is 2.25. The summed E-state index contributed by atoms with van der Waals surface area (Å²) in [6.45, 7) is 5.39. The molecule has 1 fully saturated rings. The van der Waals surface area contributed by atoms with E-state index < -0.39 is 0 Å². The van der Waals surface area contributed by atoms with Crippen molar-refractivity contribution in [3.8, 4) is 0 Å². The summed E-state index contributed by atoms with van der Waals surface area (Å²) in [7, 11) is 1.87. The van der Waals surface area contributed by atoms with Crippen molar-refractivity contribution in [3.63, 3.8) is 0 Å². The molecule has 0 spiro atoms. The van der Waals surface area contributed by atoms with Gasteiger partial charge in [-0.1, -0.05) is 0 Å². The van der Waals surface area contributed by atoms with Gasteiger partial charge in [0.15, 0.2) is 0 Å². The molecule has 100 valence electrons. The van der Waals surface area contributed by atoms with Gasteiger partial charge in [-0.15, -0.1) is 11.8 Å². The minimum atomic E-state index is 0.126. The summed E-state index contributed by atoms with van der Waals surface area (Å²) in [6.07, 6.45) is 3.95. The summed E-state index contributed by atoms with van der Waals surface area (Å²) >= 11 is 1.53. The summed E-state index contributed by atoms with van der Waals surface area (Å²) in [4.78, 5) is 15.0. The van der Waals surface area contributed by atoms with Gasteiger partial charge in [0.1, 0.15) is 0 Å². The number of thioether (sulfide) groups is 1. The van der Waals surface area contributed by atoms with Gasteiger partial charge in [-0.3, -0.25) is 9.48 Å². The number of hydrogen-bond donors (Lipinski definition) is 0. The van der Waals surface area contributed by atoms with Crippen LogP contribution >= 0.6 is 11.8 Å². The van der Waals surface area contributed by atoms with E-state index in [2.05, 4.69) is 5.10 Å². The molecule has 1 saturated heterocycles. The van der Waals surface area contributed by atoms with E-state index in [9.17, 15) is 4.79 Å². The molecule has 0 aromatic carbocycles. The lowest BCUT2D eigenvalue weighted by molar-refractivity contribution is -0.140. The third-order valence-corrected chi connectivity index (χ3v) is 3.75. The van der Waals surface area contributed by atoms with Crippen molar-refractivity contribution < 1.29 is 9.53 Å². The van der Waals surface area contributed by atoms with E-state index in [0.717, 1.165) is 4.90 Å². The number of rotatable bonds is 3. The van der Waals surface area contributed by atoms with Gasteiger partial charge in [0.05, 0.1) is 24.2 Å². The van der Waals surface area contributed by atoms with E-state index in [1.165, 1.54) is 11.8 Å². The lowest BCUT2D eigenvalue weighted by Crippen LogP contribution is -2.48. The molecule has 0 saturated carbocycles. The first-order valence-electron chi connectivity index (χ1n) is 6.09. The first-order chi connectivity index (χ1) is 8.54. The molecule has 1 aliphatic heterocycles. The van der Waals surface area contributed by atoms with E-state index >= 15 is 0 Å². The standard InChI is InChI=1S/C12H19N3O2S/c1-9-5-15(6-10(2)17-9)12(16)8-18-11-4-13-14(3)7-11/h4,7,9-10H,5-6,8H2,1-3H3/t9-,10-/m0/s1. The highest BCUT2D eigenvalue weighted by Crippen LogP contribution is 2.18. The molecule has 0 aliphatic carbocycles. The molecule has 5 nitrogen and oxygen atoms in total. The largest absolute Gasteiger partial charge is 0.372 e. The van der Waals surface area contributed by atoms with Gasteiger partial charge >= 0.3 is 0 Å². The van der Waals surface area contributed by atoms with Crippen molar-refractivity contribution >= 4 is 17.7 Å². The van der Waals surface area contributed by atoms with Gasteiger partial charge in [0.25, 0.3) is 0 Å². The fraction of sp³-hybridized carbons (Fsp3) is 0.667. The van der Waals surface area contributed by atoms with Gasteiger partial charge in [0.2, 0.25) is 5.91 Å². The van der Waals surface area contributed by atoms with Gasteiger partial charge in [-0.05, 0) is 13.8 Å². The number of carbonyl (C=O) groups is 1. The maximum atomic E-state index is 12.1. The topological polar surface area (TPSA) is 47.4 Å². The van der Waals surface area contributed by atoms with Crippen LogP contribution < -0.4 is 0 Å². The number of nitrogens with zero attached hydrogens (tertiary/aromatic N) is 3. The molecule has 1 aromatic heterocycles. The molecular formula is C12H19N3O2S. The Balaban J connectivity index is 1.84. The molecule has 0 radical (unpaired) electrons. The fourth-order valence-electron chi connectivity index (χ4n) is 2.09. The lowest BCUT2D eigenvalue weighted by Gasteiger charge is -2.35. The number of ether oxygens (including phenoxy) is 1. The van der Waals surface area contributed by atoms with Crippen molar-refractivity contribution in [2.24, 2.45) is 7.05 Å². The van der Waals surface area contributed by atoms with Crippen LogP contribution in [0.3, 0.4) is 0 Å². The Morgan fingerprint density at radius 1 is 1.50 bits per heavy atom. The smallest absolute Gasteiger partial charge is 0.233 e. The van der Waals surface area contributed by atoms with Crippen LogP contribution in [-0.2, 0) is 16.6 Å². The molecule has 0 unspecified atom stereocenters. The minimum absolute atomic E-state index is 0.126. The summed E-state index contributed by atoms with van der Waals surface area (Å²) in [5, 5.41) is 4.08. The Bertz CT molecular complexity index is 411. The quantitative estimate of drug-likeness (QED) is 0.772. The average Bonchev–Trinajstić information content (AvgIpc) is 2.70. The second-order valence-electron chi connectivity index (χ2n) is 4.69. The van der Waals surface area contributed by atoms with E-state index in [-0.39, 0.29) is 18.1 Å². The molecular weight excluding hydrogens is 250 g/mol. The third kappa shape index (κ3) is 3.49. The summed E-state index contributed by atoms with van der Waals surface area (Å²) in [5.41, 5.74) is 0. The van der Waals surface area contributed by atoms with Crippen LogP contribution in [0.15, 0.2) is 17.3 Å². The van der Waals surface area contributed by atoms with Crippen LogP contribution in [0.4, 0.5) is 0 Å². The Morgan fingerprint density at radius 2 is 2.17 bits per heavy atom. The van der Waals surface area contributed by atoms with Gasteiger partial charge in [-0.2, -0.15) is 5.10 Å². The maximum Gasteiger partial charge on any atom is 0.233 e. The first-order valence-corrected chi connectivity index (χ1v) is 7.08. The molecule has 0 N–H and O–H groups in total. The fourth-order valence-corrected chi connectivity index (χ4v) is 2.91. The molecule has 2 heterocycles. The van der Waals surface area contributed by atoms with Crippen LogP contribution in [0.5, 0.6) is 0 Å². The number of amides is 1. The van der Waals surface area contributed by atoms with Crippen molar-refractivity contribution in [1.82, 2.24) is 14.7 Å². The molecule has 1 aliphatic rings. The van der Waals surface area contributed by atoms with E-state index in [1.807, 2.05) is 32.0 Å². The van der Waals surface area contributed by atoms with Crippen LogP contribution in [0.1, 0.15) is 13.8 Å². The van der Waals surface area contributed by atoms with E-state index in [4.69, 9.17) is 4.74 Å². The minimum Gasteiger partial charge on any atom is -0.372 e. The second-order valence-corrected chi connectivity index (χ2v) is 5.74. The average molecular weight is 269 g/mol. The molecule has 2 rings (SSSR count). The SMILES string of the molecule is C[C@H]1CN(C(=O)CSc2cnn(C)c2)C[C@H](C)O1. The summed E-state index contributed by atoms with van der Waals surface area (Å²) in [6, 6.07) is 0. The highest BCUT2D eigenvalue weighted by molar-refractivity contribution is 8.00. The van der Waals surface area contributed by atoms with Crippen LogP contribution in [-0.4, -0.2) is 51.6 Å². The highest BCUT2D eigenvalue weighted by atomic mass is 32.2. The normalized spacial score (nSPS) is 24.3. The van der Waals surface area contributed by atoms with Gasteiger partial charge < -0.3 is 9.64 Å². The van der Waals surface area contributed by atoms with Crippen molar-refractivity contribution in [1.29, 1.82) is 0 Å². The molecule has 1 aromatic rings. The van der Waals surface area contributed by atoms with Crippen LogP contribution in [0.2, 0.25) is 0 Å². The van der Waals surface area contributed by atoms with E-state index in [0.29, 0.717) is 18.8 Å². The second kappa shape index (κ2) is 5.75. The molecule has 2 atom stereocenters. The molecule has 18 heavy (non-hydrogen) atoms. The summed E-state index contributed by atoms with van der Waals surface area (Å²) < 4.78 is 7.36. The maximum absolute atomic E-state index is 12.1. The van der Waals surface area contributed by atoms with Crippen LogP contribution in [0.25, 0.3) is 0 Å². The third-order valence-electron chi connectivity index (χ3n) is 2.82. The summed E-state index contributed by atoms with van der Waals surface area (Å²) in [5.74, 6) is 0.636. The van der Waals surface area contributed by atoms with Crippen molar-refractivity contribution in [2.45, 2.75) is 31.0 Å². The lowest BCUT2D eigenvalue weighted by atomic mass is 10.2. The van der Waals surface area contributed by atoms with Gasteiger partial charge in [0, 0.05) is 31.2 Å². The zero-order valence-electron chi connectivity index (χ0n) is 11.0. The molecule has 0 bridgehead atoms. The van der Waals surface area contributed by atoms with Gasteiger partial charge in [-0.25, -0.2) is 0 Å². The number of hydrogen-bond acceptors (Lipinski definition) is 4. The Hall–Kier alpha value is -1.01. The molecule has 1 amide bonds. The number of aromatic nitrogens is 2. The Labute approximate surface area is 111 Å². The first kappa shape index (κ1) is 13.4. The van der Waals surface area contributed by atoms with Crippen LogP contribution in [0, 0.1) is 0 Å². The number of carbonyl (C=O) groups excluding carboxylic acids is 1. The van der Waals surface area contributed by atoms with Crippen molar-refractivity contribution in [2.75, 3.05) is 18.8 Å². The van der Waals surface area contributed by atoms with Crippen molar-refractivity contribution in [3.05, 3.63) is 12.4 Å². The monoisotopic (exact) mass is 269 g/mol. The Kier molecular flexibility index (Phi) is 4.29. The van der Waals surface area contributed by atoms with E-state index in [1.54, 1.807) is 10.9 Å². The number of aryl methyl sites for hydroxylation is 1. The predicted molar refractivity (Wildman–Crippen MR) is 70.5 cm³/mol. The molecule has 6 heteroatoms. The Morgan fingerprint density at radius 3 is 2.72 bits per heavy atom. The number of morpholine rings is 1.